The minimum Gasteiger partial charge on any atom is -0.497 e. The molecule has 3 aliphatic heterocycles. The number of rotatable bonds is 6. The predicted octanol–water partition coefficient (Wildman–Crippen LogP) is 5.10. The van der Waals surface area contributed by atoms with Crippen molar-refractivity contribution in [3.05, 3.63) is 76.5 Å². The quantitative estimate of drug-likeness (QED) is 0.567. The lowest BCUT2D eigenvalue weighted by molar-refractivity contribution is 0.0668. The van der Waals surface area contributed by atoms with Crippen molar-refractivity contribution in [1.29, 1.82) is 0 Å². The molecule has 3 aliphatic rings. The van der Waals surface area contributed by atoms with E-state index in [0.717, 1.165) is 38.2 Å². The van der Waals surface area contributed by atoms with Crippen molar-refractivity contribution in [3.8, 4) is 5.75 Å². The molecule has 192 valence electrons. The second-order valence-electron chi connectivity index (χ2n) is 11.1. The fraction of sp³-hybridized carbons (Fsp3) is 0.500. The molecule has 2 amide bonds. The smallest absolute Gasteiger partial charge is 0.325 e. The highest BCUT2D eigenvalue weighted by Crippen LogP contribution is 2.48. The van der Waals surface area contributed by atoms with Gasteiger partial charge in [-0.1, -0.05) is 50.3 Å². The molecule has 0 atom stereocenters. The summed E-state index contributed by atoms with van der Waals surface area (Å²) in [5.41, 5.74) is 5.76. The molecule has 36 heavy (non-hydrogen) atoms. The highest BCUT2D eigenvalue weighted by molar-refractivity contribution is 5.83. The molecular weight excluding hydrogens is 450 g/mol. The summed E-state index contributed by atoms with van der Waals surface area (Å²) in [6.45, 7) is 11.2. The molecule has 0 saturated carbocycles. The number of piperidine rings is 1. The molecule has 0 bridgehead atoms. The third kappa shape index (κ3) is 4.31. The summed E-state index contributed by atoms with van der Waals surface area (Å²) < 4.78 is 10.9. The number of methoxy groups -OCH3 is 2. The highest BCUT2D eigenvalue weighted by Gasteiger charge is 2.55. The van der Waals surface area contributed by atoms with E-state index in [4.69, 9.17) is 9.47 Å². The zero-order chi connectivity index (χ0) is 25.5. The lowest BCUT2D eigenvalue weighted by Gasteiger charge is -2.45. The monoisotopic (exact) mass is 489 g/mol. The third-order valence-corrected chi connectivity index (χ3v) is 8.24. The molecule has 2 aromatic carbocycles. The first kappa shape index (κ1) is 24.8. The summed E-state index contributed by atoms with van der Waals surface area (Å²) >= 11 is 0. The molecule has 3 heterocycles. The molecule has 0 aliphatic carbocycles. The van der Waals surface area contributed by atoms with E-state index in [9.17, 15) is 4.79 Å². The highest BCUT2D eigenvalue weighted by atomic mass is 16.5. The van der Waals surface area contributed by atoms with E-state index in [0.29, 0.717) is 19.7 Å². The number of amides is 2. The molecule has 0 unspecified atom stereocenters. The van der Waals surface area contributed by atoms with E-state index >= 15 is 0 Å². The summed E-state index contributed by atoms with van der Waals surface area (Å²) in [6.07, 6.45) is 4.21. The molecule has 1 spiro atoms. The maximum absolute atomic E-state index is 13.9. The standard InChI is InChI=1S/C30H39N3O3/c1-22-16-23(18-25(17-22)36-5)20-31-12-10-30(11-13-31)27-19-29(2,3)26-9-7-6-8-24(26)21-32(27)28(34)33(30)14-15-35-4/h6-9,16-19H,10-15,20-21H2,1-5H3. The van der Waals surface area contributed by atoms with Crippen molar-refractivity contribution in [2.45, 2.75) is 57.7 Å². The Kier molecular flexibility index (Phi) is 6.60. The van der Waals surface area contributed by atoms with Crippen molar-refractivity contribution >= 4 is 6.03 Å². The van der Waals surface area contributed by atoms with E-state index in [2.05, 4.69) is 79.1 Å². The van der Waals surface area contributed by atoms with Crippen LogP contribution in [0.2, 0.25) is 0 Å². The largest absolute Gasteiger partial charge is 0.497 e. The van der Waals surface area contributed by atoms with Gasteiger partial charge in [0.2, 0.25) is 0 Å². The summed E-state index contributed by atoms with van der Waals surface area (Å²) in [5.74, 6) is 0.909. The number of ether oxygens (including phenoxy) is 2. The lowest BCUT2D eigenvalue weighted by Crippen LogP contribution is -2.54. The average molecular weight is 490 g/mol. The first-order valence-corrected chi connectivity index (χ1v) is 13.0. The van der Waals surface area contributed by atoms with Gasteiger partial charge in [-0.2, -0.15) is 0 Å². The zero-order valence-corrected chi connectivity index (χ0v) is 22.3. The van der Waals surface area contributed by atoms with E-state index in [-0.39, 0.29) is 17.0 Å². The first-order valence-electron chi connectivity index (χ1n) is 13.0. The number of hydrogen-bond acceptors (Lipinski definition) is 4. The normalized spacial score (nSPS) is 20.7. The number of hydrogen-bond donors (Lipinski definition) is 0. The van der Waals surface area contributed by atoms with Crippen LogP contribution in [0.15, 0.2) is 54.2 Å². The third-order valence-electron chi connectivity index (χ3n) is 8.24. The number of likely N-dealkylation sites (tertiary alicyclic amines) is 1. The van der Waals surface area contributed by atoms with Crippen LogP contribution in [0.4, 0.5) is 4.79 Å². The molecule has 0 radical (unpaired) electrons. The Balaban J connectivity index is 1.45. The van der Waals surface area contributed by atoms with Crippen LogP contribution in [0.25, 0.3) is 0 Å². The second kappa shape index (κ2) is 9.56. The number of fused-ring (bicyclic) bond motifs is 3. The van der Waals surface area contributed by atoms with Crippen molar-refractivity contribution in [3.63, 3.8) is 0 Å². The molecule has 2 aromatic rings. The van der Waals surface area contributed by atoms with Gasteiger partial charge < -0.3 is 14.4 Å². The van der Waals surface area contributed by atoms with E-state index in [1.165, 1.54) is 28.0 Å². The number of carbonyl (C=O) groups excluding carboxylic acids is 1. The Morgan fingerprint density at radius 1 is 1.03 bits per heavy atom. The molecule has 2 fully saturated rings. The van der Waals surface area contributed by atoms with Crippen molar-refractivity contribution < 1.29 is 14.3 Å². The zero-order valence-electron chi connectivity index (χ0n) is 22.3. The Bertz CT molecular complexity index is 1160. The van der Waals surface area contributed by atoms with Crippen LogP contribution >= 0.6 is 0 Å². The molecule has 6 heteroatoms. The van der Waals surface area contributed by atoms with Gasteiger partial charge in [-0.3, -0.25) is 9.80 Å². The predicted molar refractivity (Wildman–Crippen MR) is 142 cm³/mol. The average Bonchev–Trinajstić information content (AvgIpc) is 2.97. The van der Waals surface area contributed by atoms with Crippen LogP contribution < -0.4 is 4.74 Å². The van der Waals surface area contributed by atoms with Gasteiger partial charge in [-0.15, -0.1) is 0 Å². The van der Waals surface area contributed by atoms with Gasteiger partial charge in [0, 0.05) is 44.4 Å². The molecule has 2 saturated heterocycles. The Labute approximate surface area is 215 Å². The maximum atomic E-state index is 13.9. The van der Waals surface area contributed by atoms with Crippen LogP contribution in [0.5, 0.6) is 5.75 Å². The van der Waals surface area contributed by atoms with Crippen LogP contribution in [0, 0.1) is 6.92 Å². The molecule has 6 nitrogen and oxygen atoms in total. The Morgan fingerprint density at radius 2 is 1.78 bits per heavy atom. The van der Waals surface area contributed by atoms with Gasteiger partial charge in [-0.05, 0) is 54.2 Å². The number of benzene rings is 2. The van der Waals surface area contributed by atoms with Crippen LogP contribution in [-0.4, -0.2) is 66.7 Å². The molecular formula is C30H39N3O3. The lowest BCUT2D eigenvalue weighted by atomic mass is 9.77. The maximum Gasteiger partial charge on any atom is 0.325 e. The minimum absolute atomic E-state index is 0.114. The number of allylic oxidation sites excluding steroid dienone is 1. The van der Waals surface area contributed by atoms with Gasteiger partial charge in [0.25, 0.3) is 0 Å². The fourth-order valence-corrected chi connectivity index (χ4v) is 6.45. The SMILES string of the molecule is COCCN1C(=O)N2Cc3ccccc3C(C)(C)C=C2C12CCN(Cc1cc(C)cc(OC)c1)CC2. The number of aryl methyl sites for hydroxylation is 1. The summed E-state index contributed by atoms with van der Waals surface area (Å²) in [7, 11) is 3.43. The molecule has 0 aromatic heterocycles. The van der Waals surface area contributed by atoms with Crippen molar-refractivity contribution in [2.24, 2.45) is 0 Å². The van der Waals surface area contributed by atoms with Gasteiger partial charge in [-0.25, -0.2) is 4.79 Å². The summed E-state index contributed by atoms with van der Waals surface area (Å²) in [5, 5.41) is 0. The van der Waals surface area contributed by atoms with Crippen molar-refractivity contribution in [2.75, 3.05) is 40.5 Å². The van der Waals surface area contributed by atoms with Crippen LogP contribution in [-0.2, 0) is 23.2 Å². The van der Waals surface area contributed by atoms with Gasteiger partial charge in [0.05, 0.1) is 25.8 Å². The number of carbonyl (C=O) groups is 1. The van der Waals surface area contributed by atoms with Gasteiger partial charge in [0.1, 0.15) is 5.75 Å². The van der Waals surface area contributed by atoms with Crippen LogP contribution in [0.3, 0.4) is 0 Å². The van der Waals surface area contributed by atoms with E-state index in [1.807, 2.05) is 4.90 Å². The molecule has 5 rings (SSSR count). The first-order chi connectivity index (χ1) is 17.3. The summed E-state index contributed by atoms with van der Waals surface area (Å²) in [6, 6.07) is 15.1. The minimum atomic E-state index is -0.296. The summed E-state index contributed by atoms with van der Waals surface area (Å²) in [4.78, 5) is 20.6. The Morgan fingerprint density at radius 3 is 2.50 bits per heavy atom. The molecule has 0 N–H and O–H groups in total. The number of nitrogens with zero attached hydrogens (tertiary/aromatic N) is 3. The second-order valence-corrected chi connectivity index (χ2v) is 11.1. The van der Waals surface area contributed by atoms with E-state index < -0.39 is 0 Å². The number of urea groups is 1. The van der Waals surface area contributed by atoms with E-state index in [1.54, 1.807) is 14.2 Å². The Hall–Kier alpha value is -2.83. The fourth-order valence-electron chi connectivity index (χ4n) is 6.45. The van der Waals surface area contributed by atoms with Gasteiger partial charge >= 0.3 is 6.03 Å². The van der Waals surface area contributed by atoms with Gasteiger partial charge in [0.15, 0.2) is 0 Å². The van der Waals surface area contributed by atoms with Crippen molar-refractivity contribution in [1.82, 2.24) is 14.7 Å². The topological polar surface area (TPSA) is 45.2 Å². The van der Waals surface area contributed by atoms with Crippen LogP contribution in [0.1, 0.15) is 48.9 Å².